The van der Waals surface area contributed by atoms with E-state index in [9.17, 15) is 13.2 Å². The van der Waals surface area contributed by atoms with Crippen molar-refractivity contribution in [1.29, 1.82) is 0 Å². The summed E-state index contributed by atoms with van der Waals surface area (Å²) in [7, 11) is -1.43. The third kappa shape index (κ3) is 4.69. The molecule has 0 bridgehead atoms. The Bertz CT molecular complexity index is 1010. The molecule has 2 atom stereocenters. The molecule has 0 unspecified atom stereocenters. The second-order valence-electron chi connectivity index (χ2n) is 10.1. The Labute approximate surface area is 207 Å². The topological polar surface area (TPSA) is 73.4 Å². The van der Waals surface area contributed by atoms with Crippen LogP contribution in [-0.2, 0) is 14.8 Å². The highest BCUT2D eigenvalue weighted by atomic mass is 35.5. The lowest BCUT2D eigenvalue weighted by molar-refractivity contribution is 0.0493. The van der Waals surface area contributed by atoms with Gasteiger partial charge in [-0.05, 0) is 82.4 Å². The number of likely N-dealkylation sites (N-methyl/N-ethyl adjacent to an activating group) is 1. The molecule has 0 radical (unpaired) electrons. The lowest BCUT2D eigenvalue weighted by atomic mass is 9.94. The molecule has 3 saturated heterocycles. The standard InChI is InChI=1S/C24H35ClN4O4S/c1-26-10-3-11-27(15-14-26)19-8-12-28(13-9-19)24(30)33-17-20-4-2-5-22-21-16-18(25)6-7-23(21)34(31,32)29(20)22/h6-7,16,19-20,22H,2-5,8-15,17H2,1H3/t20-,22+/m1/s1. The number of hydrogen-bond donors (Lipinski definition) is 0. The number of ether oxygens (including phenoxy) is 1. The highest BCUT2D eigenvalue weighted by molar-refractivity contribution is 7.89. The predicted octanol–water partition coefficient (Wildman–Crippen LogP) is 3.18. The third-order valence-electron chi connectivity index (χ3n) is 7.96. The summed E-state index contributed by atoms with van der Waals surface area (Å²) in [6.07, 6.45) is 5.13. The number of halogens is 1. The number of carbonyl (C=O) groups is 1. The van der Waals surface area contributed by atoms with E-state index in [2.05, 4.69) is 16.8 Å². The second-order valence-corrected chi connectivity index (χ2v) is 12.4. The van der Waals surface area contributed by atoms with Crippen LogP contribution in [0.5, 0.6) is 0 Å². The van der Waals surface area contributed by atoms with E-state index in [4.69, 9.17) is 16.3 Å². The van der Waals surface area contributed by atoms with Gasteiger partial charge < -0.3 is 14.5 Å². The van der Waals surface area contributed by atoms with Gasteiger partial charge in [-0.25, -0.2) is 13.2 Å². The molecule has 188 valence electrons. The van der Waals surface area contributed by atoms with Crippen molar-refractivity contribution >= 4 is 27.7 Å². The number of carbonyl (C=O) groups excluding carboxylic acids is 1. The van der Waals surface area contributed by atoms with Crippen molar-refractivity contribution in [3.8, 4) is 0 Å². The van der Waals surface area contributed by atoms with E-state index in [-0.39, 0.29) is 24.8 Å². The van der Waals surface area contributed by atoms with E-state index < -0.39 is 10.0 Å². The normalized spacial score (nSPS) is 28.8. The maximum atomic E-state index is 13.2. The first kappa shape index (κ1) is 24.3. The molecule has 0 aliphatic carbocycles. The van der Waals surface area contributed by atoms with Gasteiger partial charge in [0.1, 0.15) is 6.61 Å². The fraction of sp³-hybridized carbons (Fsp3) is 0.708. The van der Waals surface area contributed by atoms with Crippen LogP contribution in [0.1, 0.15) is 50.1 Å². The third-order valence-corrected chi connectivity index (χ3v) is 10.2. The van der Waals surface area contributed by atoms with Crippen molar-refractivity contribution in [3.63, 3.8) is 0 Å². The molecule has 0 N–H and O–H groups in total. The van der Waals surface area contributed by atoms with Gasteiger partial charge in [0.2, 0.25) is 10.0 Å². The summed E-state index contributed by atoms with van der Waals surface area (Å²) in [5, 5.41) is 0.542. The SMILES string of the molecule is CN1CCCN(C2CCN(C(=O)OC[C@H]3CCC[C@H]4c5cc(Cl)ccc5S(=O)(=O)N34)CC2)CC1. The molecule has 0 saturated carbocycles. The van der Waals surface area contributed by atoms with Gasteiger partial charge in [-0.15, -0.1) is 0 Å². The molecule has 1 aromatic rings. The first-order chi connectivity index (χ1) is 16.3. The van der Waals surface area contributed by atoms with Gasteiger partial charge in [0.25, 0.3) is 0 Å². The Morgan fingerprint density at radius 3 is 2.62 bits per heavy atom. The molecule has 10 heteroatoms. The number of amides is 1. The van der Waals surface area contributed by atoms with Crippen molar-refractivity contribution < 1.29 is 17.9 Å². The van der Waals surface area contributed by atoms with Crippen LogP contribution in [0.15, 0.2) is 23.1 Å². The van der Waals surface area contributed by atoms with Crippen LogP contribution in [0.3, 0.4) is 0 Å². The molecule has 1 amide bonds. The van der Waals surface area contributed by atoms with E-state index in [1.165, 1.54) is 6.42 Å². The van der Waals surface area contributed by atoms with Gasteiger partial charge in [0, 0.05) is 37.2 Å². The van der Waals surface area contributed by atoms with Crippen LogP contribution in [0.4, 0.5) is 4.79 Å². The maximum absolute atomic E-state index is 13.2. The van der Waals surface area contributed by atoms with E-state index >= 15 is 0 Å². The first-order valence-electron chi connectivity index (χ1n) is 12.5. The summed E-state index contributed by atoms with van der Waals surface area (Å²) in [5.41, 5.74) is 0.769. The van der Waals surface area contributed by atoms with E-state index in [0.717, 1.165) is 57.4 Å². The molecule has 4 aliphatic heterocycles. The average molecular weight is 511 g/mol. The molecule has 5 rings (SSSR count). The Hall–Kier alpha value is -1.39. The minimum Gasteiger partial charge on any atom is -0.448 e. The quantitative estimate of drug-likeness (QED) is 0.622. The zero-order valence-electron chi connectivity index (χ0n) is 19.9. The van der Waals surface area contributed by atoms with Crippen molar-refractivity contribution in [1.82, 2.24) is 19.0 Å². The maximum Gasteiger partial charge on any atom is 0.409 e. The minimum atomic E-state index is -3.61. The number of benzene rings is 1. The predicted molar refractivity (Wildman–Crippen MR) is 130 cm³/mol. The van der Waals surface area contributed by atoms with Crippen LogP contribution in [0, 0.1) is 0 Å². The molecule has 8 nitrogen and oxygen atoms in total. The molecule has 34 heavy (non-hydrogen) atoms. The smallest absolute Gasteiger partial charge is 0.409 e. The minimum absolute atomic E-state index is 0.0919. The van der Waals surface area contributed by atoms with Gasteiger partial charge in [-0.1, -0.05) is 11.6 Å². The molecule has 1 aromatic carbocycles. The molecule has 3 fully saturated rings. The van der Waals surface area contributed by atoms with Crippen LogP contribution >= 0.6 is 11.6 Å². The number of nitrogens with zero attached hydrogens (tertiary/aromatic N) is 4. The van der Waals surface area contributed by atoms with Crippen molar-refractivity contribution in [3.05, 3.63) is 28.8 Å². The lowest BCUT2D eigenvalue weighted by Crippen LogP contribution is -2.49. The average Bonchev–Trinajstić information content (AvgIpc) is 2.95. The number of hydrogen-bond acceptors (Lipinski definition) is 6. The van der Waals surface area contributed by atoms with Crippen molar-refractivity contribution in [2.24, 2.45) is 0 Å². The summed E-state index contributed by atoms with van der Waals surface area (Å²) in [5.74, 6) is 0. The van der Waals surface area contributed by atoms with E-state index in [1.54, 1.807) is 27.4 Å². The fourth-order valence-electron chi connectivity index (χ4n) is 6.10. The van der Waals surface area contributed by atoms with Gasteiger partial charge >= 0.3 is 6.09 Å². The molecule has 0 spiro atoms. The lowest BCUT2D eigenvalue weighted by Gasteiger charge is -2.38. The molecular formula is C24H35ClN4O4S. The summed E-state index contributed by atoms with van der Waals surface area (Å²) < 4.78 is 33.7. The van der Waals surface area contributed by atoms with Gasteiger partial charge in [-0.3, -0.25) is 4.90 Å². The number of fused-ring (bicyclic) bond motifs is 3. The number of sulfonamides is 1. The highest BCUT2D eigenvalue weighted by Crippen LogP contribution is 2.47. The van der Waals surface area contributed by atoms with Crippen molar-refractivity contribution in [2.45, 2.75) is 61.5 Å². The van der Waals surface area contributed by atoms with Crippen LogP contribution in [-0.4, -0.2) is 98.5 Å². The Morgan fingerprint density at radius 2 is 1.82 bits per heavy atom. The first-order valence-corrected chi connectivity index (χ1v) is 14.3. The monoisotopic (exact) mass is 510 g/mol. The Kier molecular flexibility index (Phi) is 7.10. The molecule has 4 heterocycles. The van der Waals surface area contributed by atoms with Gasteiger partial charge in [-0.2, -0.15) is 4.31 Å². The van der Waals surface area contributed by atoms with Crippen LogP contribution in [0.2, 0.25) is 5.02 Å². The fourth-order valence-corrected chi connectivity index (χ4v) is 8.35. The summed E-state index contributed by atoms with van der Waals surface area (Å²) in [4.78, 5) is 19.9. The number of likely N-dealkylation sites (tertiary alicyclic amines) is 1. The Morgan fingerprint density at radius 1 is 1.03 bits per heavy atom. The van der Waals surface area contributed by atoms with Crippen LogP contribution < -0.4 is 0 Å². The summed E-state index contributed by atoms with van der Waals surface area (Å²) >= 11 is 6.15. The largest absolute Gasteiger partial charge is 0.448 e. The summed E-state index contributed by atoms with van der Waals surface area (Å²) in [6.45, 7) is 5.93. The molecular weight excluding hydrogens is 476 g/mol. The van der Waals surface area contributed by atoms with Gasteiger partial charge in [0.15, 0.2) is 0 Å². The van der Waals surface area contributed by atoms with Gasteiger partial charge in [0.05, 0.1) is 17.0 Å². The highest BCUT2D eigenvalue weighted by Gasteiger charge is 2.48. The second kappa shape index (κ2) is 9.93. The van der Waals surface area contributed by atoms with E-state index in [1.807, 2.05) is 0 Å². The number of piperidine rings is 2. The molecule has 0 aromatic heterocycles. The zero-order valence-corrected chi connectivity index (χ0v) is 21.4. The summed E-state index contributed by atoms with van der Waals surface area (Å²) in [6, 6.07) is 4.94. The number of rotatable bonds is 3. The van der Waals surface area contributed by atoms with Crippen LogP contribution in [0.25, 0.3) is 0 Å². The zero-order chi connectivity index (χ0) is 23.9. The van der Waals surface area contributed by atoms with Crippen molar-refractivity contribution in [2.75, 3.05) is 52.9 Å². The Balaban J connectivity index is 1.16. The van der Waals surface area contributed by atoms with E-state index in [0.29, 0.717) is 35.5 Å². The molecule has 4 aliphatic rings.